The highest BCUT2D eigenvalue weighted by atomic mass is 16.1. The van der Waals surface area contributed by atoms with Crippen LogP contribution in [-0.4, -0.2) is 22.4 Å². The van der Waals surface area contributed by atoms with Gasteiger partial charge < -0.3 is 10.2 Å². The average Bonchev–Trinajstić information content (AvgIpc) is 2.86. The fourth-order valence-electron chi connectivity index (χ4n) is 2.38. The van der Waals surface area contributed by atoms with Crippen LogP contribution in [0.3, 0.4) is 0 Å². The van der Waals surface area contributed by atoms with Crippen LogP contribution in [0.5, 0.6) is 0 Å². The fraction of sp³-hybridized carbons (Fsp3) is 0.214. The summed E-state index contributed by atoms with van der Waals surface area (Å²) in [6.07, 6.45) is 3.71. The molecule has 3 rings (SSSR count). The zero-order valence-electron chi connectivity index (χ0n) is 10.5. The van der Waals surface area contributed by atoms with Crippen LogP contribution in [0, 0.1) is 0 Å². The van der Waals surface area contributed by atoms with E-state index in [1.807, 2.05) is 35.2 Å². The Bertz CT molecular complexity index is 587. The lowest BCUT2D eigenvalue weighted by Gasteiger charge is -2.29. The van der Waals surface area contributed by atoms with E-state index in [9.17, 15) is 4.79 Å². The van der Waals surface area contributed by atoms with E-state index in [0.29, 0.717) is 5.82 Å². The molecular formula is C14H14N4O. The summed E-state index contributed by atoms with van der Waals surface area (Å²) in [4.78, 5) is 21.7. The average molecular weight is 254 g/mol. The highest BCUT2D eigenvalue weighted by molar-refractivity contribution is 5.80. The van der Waals surface area contributed by atoms with Crippen LogP contribution >= 0.6 is 0 Å². The smallest absolute Gasteiger partial charge is 0.174 e. The number of carbonyl (C=O) groups is 1. The second-order valence-electron chi connectivity index (χ2n) is 4.45. The maximum Gasteiger partial charge on any atom is 0.174 e. The predicted molar refractivity (Wildman–Crippen MR) is 72.8 cm³/mol. The highest BCUT2D eigenvalue weighted by Crippen LogP contribution is 2.36. The quantitative estimate of drug-likeness (QED) is 0.849. The summed E-state index contributed by atoms with van der Waals surface area (Å²) in [5.41, 5.74) is 1.13. The molecule has 0 fully saturated rings. The predicted octanol–water partition coefficient (Wildman–Crippen LogP) is 1.99. The molecule has 0 spiro atoms. The molecule has 2 atom stereocenters. The number of hydrogen-bond acceptors (Lipinski definition) is 5. The van der Waals surface area contributed by atoms with E-state index in [4.69, 9.17) is 0 Å². The van der Waals surface area contributed by atoms with Crippen molar-refractivity contribution in [3.63, 3.8) is 0 Å². The Hall–Kier alpha value is -2.43. The number of aromatic nitrogens is 2. The minimum atomic E-state index is -0.424. The molecular weight excluding hydrogens is 240 g/mol. The van der Waals surface area contributed by atoms with E-state index >= 15 is 0 Å². The van der Waals surface area contributed by atoms with Crippen molar-refractivity contribution in [1.29, 1.82) is 0 Å². The Morgan fingerprint density at radius 1 is 1.26 bits per heavy atom. The summed E-state index contributed by atoms with van der Waals surface area (Å²) < 4.78 is 0. The van der Waals surface area contributed by atoms with E-state index < -0.39 is 6.17 Å². The largest absolute Gasteiger partial charge is 0.341 e. The molecule has 1 aromatic carbocycles. The monoisotopic (exact) mass is 254 g/mol. The van der Waals surface area contributed by atoms with Crippen molar-refractivity contribution in [2.45, 2.75) is 19.1 Å². The molecule has 1 aliphatic rings. The van der Waals surface area contributed by atoms with Gasteiger partial charge in [0.2, 0.25) is 0 Å². The molecule has 19 heavy (non-hydrogen) atoms. The molecule has 2 aromatic rings. The van der Waals surface area contributed by atoms with Gasteiger partial charge in [-0.3, -0.25) is 4.79 Å². The van der Waals surface area contributed by atoms with Gasteiger partial charge in [0.1, 0.15) is 0 Å². The third kappa shape index (κ3) is 1.93. The van der Waals surface area contributed by atoms with Crippen molar-refractivity contribution in [2.24, 2.45) is 0 Å². The first-order valence-electron chi connectivity index (χ1n) is 6.17. The number of nitrogens with zero attached hydrogens (tertiary/aromatic N) is 3. The second kappa shape index (κ2) is 4.68. The van der Waals surface area contributed by atoms with Crippen molar-refractivity contribution in [3.05, 3.63) is 48.3 Å². The van der Waals surface area contributed by atoms with E-state index in [1.165, 1.54) is 0 Å². The second-order valence-corrected chi connectivity index (χ2v) is 4.45. The Labute approximate surface area is 111 Å². The molecule has 1 N–H and O–H groups in total. The third-order valence-corrected chi connectivity index (χ3v) is 3.34. The standard InChI is InChI=1S/C14H14N4O/c1-10(11-5-3-2-4-6-11)18-12(9-19)17-13-14(18)16-8-7-15-13/h2-10,12H,1H3,(H,15,17)/t10?,12-/m0/s1. The summed E-state index contributed by atoms with van der Waals surface area (Å²) in [6.45, 7) is 2.05. The Morgan fingerprint density at radius 3 is 2.74 bits per heavy atom. The van der Waals surface area contributed by atoms with Crippen LogP contribution in [0.2, 0.25) is 0 Å². The van der Waals surface area contributed by atoms with E-state index in [2.05, 4.69) is 22.2 Å². The summed E-state index contributed by atoms with van der Waals surface area (Å²) in [7, 11) is 0. The van der Waals surface area contributed by atoms with Gasteiger partial charge in [-0.2, -0.15) is 0 Å². The zero-order chi connectivity index (χ0) is 13.2. The van der Waals surface area contributed by atoms with Gasteiger partial charge in [0.15, 0.2) is 24.1 Å². The number of fused-ring (bicyclic) bond motifs is 1. The number of anilines is 2. The van der Waals surface area contributed by atoms with Crippen molar-refractivity contribution in [3.8, 4) is 0 Å². The first-order valence-corrected chi connectivity index (χ1v) is 6.17. The third-order valence-electron chi connectivity index (χ3n) is 3.34. The van der Waals surface area contributed by atoms with Gasteiger partial charge in [-0.05, 0) is 12.5 Å². The molecule has 2 heterocycles. The van der Waals surface area contributed by atoms with Crippen LogP contribution in [-0.2, 0) is 4.79 Å². The summed E-state index contributed by atoms with van der Waals surface area (Å²) in [5, 5.41) is 3.07. The number of nitrogens with one attached hydrogen (secondary N) is 1. The molecule has 0 bridgehead atoms. The van der Waals surface area contributed by atoms with Crippen LogP contribution < -0.4 is 10.2 Å². The van der Waals surface area contributed by atoms with Gasteiger partial charge in [0.25, 0.3) is 0 Å². The zero-order valence-corrected chi connectivity index (χ0v) is 10.5. The van der Waals surface area contributed by atoms with Gasteiger partial charge >= 0.3 is 0 Å². The normalized spacial score (nSPS) is 18.6. The lowest BCUT2D eigenvalue weighted by atomic mass is 10.1. The molecule has 5 heteroatoms. The van der Waals surface area contributed by atoms with E-state index in [0.717, 1.165) is 17.7 Å². The number of hydrogen-bond donors (Lipinski definition) is 1. The van der Waals surface area contributed by atoms with Crippen LogP contribution in [0.15, 0.2) is 42.7 Å². The number of carbonyl (C=O) groups excluding carboxylic acids is 1. The molecule has 1 unspecified atom stereocenters. The SMILES string of the molecule is CC(c1ccccc1)N1c2nccnc2N[C@@H]1C=O. The minimum Gasteiger partial charge on any atom is -0.341 e. The van der Waals surface area contributed by atoms with Crippen molar-refractivity contribution in [2.75, 3.05) is 10.2 Å². The molecule has 0 saturated carbocycles. The van der Waals surface area contributed by atoms with Crippen LogP contribution in [0.25, 0.3) is 0 Å². The molecule has 0 saturated heterocycles. The minimum absolute atomic E-state index is 0.0434. The number of benzene rings is 1. The van der Waals surface area contributed by atoms with Gasteiger partial charge in [-0.25, -0.2) is 9.97 Å². The molecule has 5 nitrogen and oxygen atoms in total. The summed E-state index contributed by atoms with van der Waals surface area (Å²) in [6, 6.07) is 10.1. The molecule has 0 aliphatic carbocycles. The molecule has 0 radical (unpaired) electrons. The van der Waals surface area contributed by atoms with E-state index in [-0.39, 0.29) is 6.04 Å². The highest BCUT2D eigenvalue weighted by Gasteiger charge is 2.34. The first-order chi connectivity index (χ1) is 9.31. The Morgan fingerprint density at radius 2 is 2.00 bits per heavy atom. The van der Waals surface area contributed by atoms with E-state index in [1.54, 1.807) is 12.4 Å². The fourth-order valence-corrected chi connectivity index (χ4v) is 2.38. The summed E-state index contributed by atoms with van der Waals surface area (Å²) >= 11 is 0. The molecule has 1 aliphatic heterocycles. The van der Waals surface area contributed by atoms with Crippen LogP contribution in [0.1, 0.15) is 18.5 Å². The molecule has 96 valence electrons. The maximum atomic E-state index is 11.3. The van der Waals surface area contributed by atoms with Gasteiger partial charge in [-0.1, -0.05) is 30.3 Å². The lowest BCUT2D eigenvalue weighted by molar-refractivity contribution is -0.108. The van der Waals surface area contributed by atoms with Gasteiger partial charge in [0, 0.05) is 12.4 Å². The van der Waals surface area contributed by atoms with Crippen molar-refractivity contribution in [1.82, 2.24) is 9.97 Å². The topological polar surface area (TPSA) is 58.1 Å². The number of rotatable bonds is 3. The number of aldehydes is 1. The lowest BCUT2D eigenvalue weighted by Crippen LogP contribution is -2.39. The van der Waals surface area contributed by atoms with Crippen molar-refractivity contribution < 1.29 is 4.79 Å². The molecule has 0 amide bonds. The summed E-state index contributed by atoms with van der Waals surface area (Å²) in [5.74, 6) is 1.37. The Kier molecular flexibility index (Phi) is 2.87. The Balaban J connectivity index is 2.00. The van der Waals surface area contributed by atoms with Crippen LogP contribution in [0.4, 0.5) is 11.6 Å². The maximum absolute atomic E-state index is 11.3. The first kappa shape index (κ1) is 11.6. The van der Waals surface area contributed by atoms with Gasteiger partial charge in [-0.15, -0.1) is 0 Å². The van der Waals surface area contributed by atoms with Crippen molar-refractivity contribution >= 4 is 17.9 Å². The molecule has 1 aromatic heterocycles. The van der Waals surface area contributed by atoms with Gasteiger partial charge in [0.05, 0.1) is 6.04 Å².